The molecule has 48 heavy (non-hydrogen) atoms. The van der Waals surface area contributed by atoms with Crippen molar-refractivity contribution in [2.24, 2.45) is 0 Å². The first-order valence-corrected chi connectivity index (χ1v) is 20.1. The summed E-state index contributed by atoms with van der Waals surface area (Å²) in [5.41, 5.74) is 0.621. The molecule has 0 spiro atoms. The van der Waals surface area contributed by atoms with Crippen LogP contribution in [0.15, 0.2) is 60.7 Å². The molecule has 4 aromatic rings. The predicted molar refractivity (Wildman–Crippen MR) is 174 cm³/mol. The first-order valence-electron chi connectivity index (χ1n) is 12.3. The van der Waals surface area contributed by atoms with Gasteiger partial charge in [-0.05, 0) is 23.3 Å². The third kappa shape index (κ3) is 27.0. The van der Waals surface area contributed by atoms with Gasteiger partial charge in [-0.15, -0.1) is 11.4 Å². The maximum absolute atomic E-state index is 11.4. The van der Waals surface area contributed by atoms with Crippen LogP contribution in [0.2, 0.25) is 0 Å². The van der Waals surface area contributed by atoms with Crippen molar-refractivity contribution in [3.8, 4) is 34.0 Å². The molecule has 20 heteroatoms. The number of aromatic carboxylic acids is 2. The number of carbonyl (C=O) groups excluding carboxylic acids is 2. The van der Waals surface area contributed by atoms with E-state index in [0.717, 1.165) is 0 Å². The van der Waals surface area contributed by atoms with Gasteiger partial charge in [-0.2, -0.15) is 0 Å². The minimum absolute atomic E-state index is 0. The second-order valence-corrected chi connectivity index (χ2v) is 14.7. The maximum atomic E-state index is 11.4. The minimum Gasteiger partial charge on any atom is -0.872 e. The van der Waals surface area contributed by atoms with E-state index in [-0.39, 0.29) is 68.4 Å². The van der Waals surface area contributed by atoms with Crippen molar-refractivity contribution in [1.29, 1.82) is 0 Å². The van der Waals surface area contributed by atoms with Gasteiger partial charge in [0.1, 0.15) is 0 Å². The van der Waals surface area contributed by atoms with Crippen LogP contribution in [-0.4, -0.2) is 89.0 Å². The van der Waals surface area contributed by atoms with E-state index in [1.165, 1.54) is 24.3 Å². The fourth-order valence-electron chi connectivity index (χ4n) is 2.41. The van der Waals surface area contributed by atoms with Crippen LogP contribution in [0.5, 0.6) is 11.5 Å². The van der Waals surface area contributed by atoms with E-state index in [4.69, 9.17) is 0 Å². The van der Waals surface area contributed by atoms with Gasteiger partial charge in [0.2, 0.25) is 0 Å². The first kappa shape index (κ1) is 51.9. The zero-order chi connectivity index (χ0) is 36.0. The molecule has 0 amide bonds. The van der Waals surface area contributed by atoms with Gasteiger partial charge in [0.05, 0.1) is 17.6 Å². The molecule has 0 saturated heterocycles. The van der Waals surface area contributed by atoms with E-state index in [1.807, 2.05) is 0 Å². The summed E-state index contributed by atoms with van der Waals surface area (Å²) in [5, 5.41) is 57.6. The summed E-state index contributed by atoms with van der Waals surface area (Å²) < 4.78 is 38.2. The predicted octanol–water partition coefficient (Wildman–Crippen LogP) is -1.74. The standard InChI is InChI=1S/2C10H8N2O3.4C2H6OS.2Mn/c2*13-9-4-2-1-3-6(9)7-5-8(10(14)15)12-11-7;4*1-4(2)3;;/h2*1-5H,(H3,11,12,13,14,15);4*1-2H3;;/q;;;;;;2*+3/p-6. The molecule has 264 valence electrons. The smallest absolute Gasteiger partial charge is 0.872 e. The minimum atomic E-state index is -1.41. The Morgan fingerprint density at radius 1 is 0.583 bits per heavy atom. The molecule has 4 rings (SSSR count). The molecule has 0 fully saturated rings. The summed E-state index contributed by atoms with van der Waals surface area (Å²) in [5.74, 6) is -3.25. The molecule has 0 unspecified atom stereocenters. The molecule has 0 saturated carbocycles. The van der Waals surface area contributed by atoms with E-state index >= 15 is 0 Å². The molecule has 0 aliphatic rings. The molecule has 0 aliphatic heterocycles. The number of benzene rings is 2. The van der Waals surface area contributed by atoms with Crippen molar-refractivity contribution in [3.63, 3.8) is 0 Å². The van der Waals surface area contributed by atoms with Crippen LogP contribution in [0.4, 0.5) is 0 Å². The Morgan fingerprint density at radius 2 is 0.958 bits per heavy atom. The van der Waals surface area contributed by atoms with Gasteiger partial charge in [-0.1, -0.05) is 60.0 Å². The van der Waals surface area contributed by atoms with Gasteiger partial charge < -0.3 is 50.4 Å². The number of aromatic nitrogens is 4. The molecule has 0 atom stereocenters. The van der Waals surface area contributed by atoms with Crippen LogP contribution in [0.25, 0.3) is 22.5 Å². The zero-order valence-electron chi connectivity index (χ0n) is 27.0. The summed E-state index contributed by atoms with van der Waals surface area (Å²) in [6.07, 6.45) is 13.1. The van der Waals surface area contributed by atoms with Gasteiger partial charge in [-0.3, -0.25) is 16.8 Å². The summed E-state index contributed by atoms with van der Waals surface area (Å²) >= 11 is 0. The molecule has 2 aromatic carbocycles. The fourth-order valence-corrected chi connectivity index (χ4v) is 2.41. The zero-order valence-corrected chi connectivity index (χ0v) is 32.7. The van der Waals surface area contributed by atoms with Crippen LogP contribution in [-0.2, 0) is 77.3 Å². The average Bonchev–Trinajstić information content (AvgIpc) is 3.59. The maximum Gasteiger partial charge on any atom is 3.00 e. The second kappa shape index (κ2) is 29.0. The molecule has 0 bridgehead atoms. The normalized spacial score (nSPS) is 9.25. The van der Waals surface area contributed by atoms with Gasteiger partial charge in [0.15, 0.2) is 0 Å². The van der Waals surface area contributed by atoms with Gasteiger partial charge in [0, 0.05) is 98.9 Å². The van der Waals surface area contributed by atoms with Gasteiger partial charge in [0.25, 0.3) is 0 Å². The number of carbonyl (C=O) groups is 2. The Labute approximate surface area is 310 Å². The largest absolute Gasteiger partial charge is 3.00 e. The summed E-state index contributed by atoms with van der Waals surface area (Å²) in [6, 6.07) is 14.8. The second-order valence-electron chi connectivity index (χ2n) is 8.76. The first-order chi connectivity index (χ1) is 21.3. The number of nitrogens with zero attached hydrogens (tertiary/aromatic N) is 4. The quantitative estimate of drug-likeness (QED) is 0.207. The topological polar surface area (TPSA) is 249 Å². The molecule has 0 N–H and O–H groups in total. The van der Waals surface area contributed by atoms with Crippen LogP contribution >= 0.6 is 0 Å². The molecule has 0 aliphatic carbocycles. The molecule has 14 nitrogen and oxygen atoms in total. The van der Waals surface area contributed by atoms with E-state index < -0.39 is 55.1 Å². The summed E-state index contributed by atoms with van der Waals surface area (Å²) in [4.78, 5) is 20.9. The molecule has 2 heterocycles. The van der Waals surface area contributed by atoms with Crippen molar-refractivity contribution in [2.75, 3.05) is 50.0 Å². The van der Waals surface area contributed by atoms with E-state index in [0.29, 0.717) is 11.1 Å². The van der Waals surface area contributed by atoms with E-state index in [1.54, 1.807) is 86.4 Å². The van der Waals surface area contributed by atoms with Gasteiger partial charge in [-0.25, -0.2) is 0 Å². The van der Waals surface area contributed by atoms with Crippen LogP contribution in [0, 0.1) is 0 Å². The molecular weight excluding hydrogens is 790 g/mol. The molecule has 0 radical (unpaired) electrons. The van der Waals surface area contributed by atoms with E-state index in [9.17, 15) is 46.9 Å². The van der Waals surface area contributed by atoms with Crippen LogP contribution < -0.4 is 30.6 Å². The number of carboxylic acid groups (broad SMARTS) is 2. The van der Waals surface area contributed by atoms with Crippen molar-refractivity contribution in [2.45, 2.75) is 0 Å². The fraction of sp³-hybridized carbons (Fsp3) is 0.286. The number of para-hydroxylation sites is 2. The number of hydrogen-bond acceptors (Lipinski definition) is 12. The van der Waals surface area contributed by atoms with Gasteiger partial charge >= 0.3 is 34.1 Å². The summed E-state index contributed by atoms with van der Waals surface area (Å²) in [7, 11) is -2.44. The number of rotatable bonds is 4. The SMILES string of the molecule is CS(C)=O.CS(C)=O.CS(C)=O.CS(C)=O.O=C([O-])c1cc(-c2ccccc2[O-])[n-]n1.O=C([O-])c1cc(-c2ccccc2[O-])n[n-]1.[Mn+3].[Mn+3]. The molecule has 2 aromatic heterocycles. The van der Waals surface area contributed by atoms with Crippen molar-refractivity contribution in [3.05, 3.63) is 72.1 Å². The Hall–Kier alpha value is -2.96. The third-order valence-electron chi connectivity index (χ3n) is 3.82. The Balaban J connectivity index is -0.000000273. The van der Waals surface area contributed by atoms with Crippen molar-refractivity contribution >= 4 is 55.1 Å². The Morgan fingerprint density at radius 3 is 1.27 bits per heavy atom. The van der Waals surface area contributed by atoms with E-state index in [2.05, 4.69) is 20.4 Å². The van der Waals surface area contributed by atoms with Crippen molar-refractivity contribution in [1.82, 2.24) is 20.4 Å². The average molecular weight is 825 g/mol. The van der Waals surface area contributed by atoms with Crippen LogP contribution in [0.1, 0.15) is 21.0 Å². The molecular formula is C28H34Mn2N4O10S4. The Bertz CT molecular complexity index is 1460. The van der Waals surface area contributed by atoms with Crippen LogP contribution in [0.3, 0.4) is 0 Å². The monoisotopic (exact) mass is 824 g/mol. The number of carboxylic acids is 2. The summed E-state index contributed by atoms with van der Waals surface area (Å²) in [6.45, 7) is 0. The number of hydrogen-bond donors (Lipinski definition) is 0. The Kier molecular flexibility index (Phi) is 31.3. The third-order valence-corrected chi connectivity index (χ3v) is 3.82. The van der Waals surface area contributed by atoms with Crippen molar-refractivity contribution < 1.29 is 81.0 Å².